The number of benzene rings is 1. The fraction of sp³-hybridized carbons (Fsp3) is 0.300. The molecular formula is C10H10ClNO. The Morgan fingerprint density at radius 1 is 1.54 bits per heavy atom. The van der Waals surface area contributed by atoms with Crippen LogP contribution >= 0.6 is 11.6 Å². The molecule has 1 aromatic rings. The molecule has 0 saturated heterocycles. The summed E-state index contributed by atoms with van der Waals surface area (Å²) in [4.78, 5) is 0. The van der Waals surface area contributed by atoms with Gasteiger partial charge in [-0.3, -0.25) is 0 Å². The van der Waals surface area contributed by atoms with Gasteiger partial charge in [0.1, 0.15) is 0 Å². The highest BCUT2D eigenvalue weighted by Gasteiger charge is 2.26. The van der Waals surface area contributed by atoms with Crippen LogP contribution in [0, 0.1) is 5.92 Å². The van der Waals surface area contributed by atoms with Gasteiger partial charge in [0.25, 0.3) is 0 Å². The van der Waals surface area contributed by atoms with E-state index in [1.54, 1.807) is 0 Å². The largest absolute Gasteiger partial charge is 0.411 e. The van der Waals surface area contributed by atoms with Crippen molar-refractivity contribution in [3.8, 4) is 0 Å². The molecule has 13 heavy (non-hydrogen) atoms. The second-order valence-corrected chi connectivity index (χ2v) is 3.76. The molecule has 1 unspecified atom stereocenters. The summed E-state index contributed by atoms with van der Waals surface area (Å²) in [6.07, 6.45) is 0.869. The van der Waals surface area contributed by atoms with Crippen molar-refractivity contribution in [1.82, 2.24) is 0 Å². The van der Waals surface area contributed by atoms with Crippen molar-refractivity contribution in [2.45, 2.75) is 13.3 Å². The van der Waals surface area contributed by atoms with Gasteiger partial charge in [0.05, 0.1) is 5.71 Å². The van der Waals surface area contributed by atoms with Crippen LogP contribution in [-0.4, -0.2) is 10.9 Å². The predicted molar refractivity (Wildman–Crippen MR) is 52.6 cm³/mol. The monoisotopic (exact) mass is 195 g/mol. The quantitative estimate of drug-likeness (QED) is 0.501. The minimum atomic E-state index is 0.264. The van der Waals surface area contributed by atoms with Crippen molar-refractivity contribution in [2.75, 3.05) is 0 Å². The predicted octanol–water partition coefficient (Wildman–Crippen LogP) is 2.71. The van der Waals surface area contributed by atoms with Gasteiger partial charge in [-0.05, 0) is 18.1 Å². The first-order chi connectivity index (χ1) is 6.24. The summed E-state index contributed by atoms with van der Waals surface area (Å²) in [5.74, 6) is 0.264. The summed E-state index contributed by atoms with van der Waals surface area (Å²) in [7, 11) is 0. The molecule has 0 heterocycles. The van der Waals surface area contributed by atoms with Crippen LogP contribution in [0.2, 0.25) is 5.02 Å². The second-order valence-electron chi connectivity index (χ2n) is 3.36. The van der Waals surface area contributed by atoms with Crippen LogP contribution in [0.5, 0.6) is 0 Å². The number of hydrogen-bond donors (Lipinski definition) is 1. The van der Waals surface area contributed by atoms with Crippen LogP contribution < -0.4 is 0 Å². The normalized spacial score (nSPS) is 23.5. The van der Waals surface area contributed by atoms with Crippen LogP contribution in [0.25, 0.3) is 0 Å². The van der Waals surface area contributed by atoms with Crippen LogP contribution in [0.3, 0.4) is 0 Å². The van der Waals surface area contributed by atoms with Gasteiger partial charge in [-0.2, -0.15) is 0 Å². The van der Waals surface area contributed by atoms with Crippen molar-refractivity contribution in [2.24, 2.45) is 11.1 Å². The third kappa shape index (κ3) is 1.22. The molecule has 1 aliphatic rings. The number of rotatable bonds is 0. The van der Waals surface area contributed by atoms with E-state index >= 15 is 0 Å². The fourth-order valence-electron chi connectivity index (χ4n) is 1.83. The Hall–Kier alpha value is -1.02. The maximum Gasteiger partial charge on any atom is 0.0902 e. The number of fused-ring (bicyclic) bond motifs is 1. The molecule has 0 radical (unpaired) electrons. The standard InChI is InChI=1S/C10H10ClNO/c1-6-5-8-7(10(6)12-13)3-2-4-9(8)11/h2-4,6,13H,5H2,1H3/b12-10+. The van der Waals surface area contributed by atoms with E-state index in [-0.39, 0.29) is 5.92 Å². The van der Waals surface area contributed by atoms with Crippen molar-refractivity contribution < 1.29 is 5.21 Å². The molecule has 0 amide bonds. The molecule has 68 valence electrons. The Bertz CT molecular complexity index is 373. The van der Waals surface area contributed by atoms with Gasteiger partial charge in [0.15, 0.2) is 0 Å². The second kappa shape index (κ2) is 3.04. The summed E-state index contributed by atoms with van der Waals surface area (Å²) in [6, 6.07) is 5.69. The van der Waals surface area contributed by atoms with E-state index in [1.807, 2.05) is 25.1 Å². The molecule has 0 fully saturated rings. The Balaban J connectivity index is 2.61. The third-order valence-corrected chi connectivity index (χ3v) is 2.83. The summed E-state index contributed by atoms with van der Waals surface area (Å²) >= 11 is 6.02. The summed E-state index contributed by atoms with van der Waals surface area (Å²) in [5.41, 5.74) is 2.84. The number of oxime groups is 1. The van der Waals surface area contributed by atoms with Gasteiger partial charge in [-0.15, -0.1) is 0 Å². The van der Waals surface area contributed by atoms with E-state index in [4.69, 9.17) is 16.8 Å². The summed E-state index contributed by atoms with van der Waals surface area (Å²) < 4.78 is 0. The topological polar surface area (TPSA) is 32.6 Å². The first-order valence-electron chi connectivity index (χ1n) is 4.23. The summed E-state index contributed by atoms with van der Waals surface area (Å²) in [6.45, 7) is 2.03. The van der Waals surface area contributed by atoms with E-state index in [9.17, 15) is 0 Å². The molecule has 1 aromatic carbocycles. The van der Waals surface area contributed by atoms with E-state index in [0.29, 0.717) is 0 Å². The molecule has 2 nitrogen and oxygen atoms in total. The Morgan fingerprint density at radius 2 is 2.31 bits per heavy atom. The SMILES string of the molecule is CC1Cc2c(Cl)cccc2/C1=N/O. The van der Waals surface area contributed by atoms with Crippen molar-refractivity contribution >= 4 is 17.3 Å². The molecule has 1 atom stereocenters. The van der Waals surface area contributed by atoms with E-state index in [0.717, 1.165) is 28.3 Å². The molecule has 1 aliphatic carbocycles. The highest BCUT2D eigenvalue weighted by Crippen LogP contribution is 2.32. The lowest BCUT2D eigenvalue weighted by molar-refractivity contribution is 0.316. The van der Waals surface area contributed by atoms with Gasteiger partial charge in [-0.1, -0.05) is 35.8 Å². The number of nitrogens with zero attached hydrogens (tertiary/aromatic N) is 1. The Morgan fingerprint density at radius 3 is 3.00 bits per heavy atom. The Kier molecular flexibility index (Phi) is 2.00. The molecule has 0 spiro atoms. The highest BCUT2D eigenvalue weighted by atomic mass is 35.5. The lowest BCUT2D eigenvalue weighted by Gasteiger charge is -2.00. The zero-order chi connectivity index (χ0) is 9.42. The van der Waals surface area contributed by atoms with Crippen LogP contribution in [0.4, 0.5) is 0 Å². The average molecular weight is 196 g/mol. The van der Waals surface area contributed by atoms with Gasteiger partial charge in [0.2, 0.25) is 0 Å². The molecule has 2 rings (SSSR count). The number of hydrogen-bond acceptors (Lipinski definition) is 2. The van der Waals surface area contributed by atoms with Gasteiger partial charge in [0, 0.05) is 16.5 Å². The maximum absolute atomic E-state index is 8.82. The smallest absolute Gasteiger partial charge is 0.0902 e. The van der Waals surface area contributed by atoms with Gasteiger partial charge < -0.3 is 5.21 Å². The third-order valence-electron chi connectivity index (χ3n) is 2.48. The van der Waals surface area contributed by atoms with Crippen LogP contribution in [0.1, 0.15) is 18.1 Å². The zero-order valence-electron chi connectivity index (χ0n) is 7.29. The Labute approximate surface area is 81.8 Å². The van der Waals surface area contributed by atoms with Crippen molar-refractivity contribution in [1.29, 1.82) is 0 Å². The van der Waals surface area contributed by atoms with Crippen molar-refractivity contribution in [3.05, 3.63) is 34.3 Å². The lowest BCUT2D eigenvalue weighted by Crippen LogP contribution is -2.05. The molecule has 0 aromatic heterocycles. The fourth-order valence-corrected chi connectivity index (χ4v) is 2.08. The zero-order valence-corrected chi connectivity index (χ0v) is 8.04. The van der Waals surface area contributed by atoms with Crippen LogP contribution in [0.15, 0.2) is 23.4 Å². The highest BCUT2D eigenvalue weighted by molar-refractivity contribution is 6.32. The number of halogens is 1. The molecule has 1 N–H and O–H groups in total. The molecular weight excluding hydrogens is 186 g/mol. The lowest BCUT2D eigenvalue weighted by atomic mass is 10.1. The molecule has 0 bridgehead atoms. The average Bonchev–Trinajstić information content (AvgIpc) is 2.43. The van der Waals surface area contributed by atoms with Crippen molar-refractivity contribution in [3.63, 3.8) is 0 Å². The van der Waals surface area contributed by atoms with Gasteiger partial charge in [-0.25, -0.2) is 0 Å². The van der Waals surface area contributed by atoms with Gasteiger partial charge >= 0.3 is 0 Å². The van der Waals surface area contributed by atoms with E-state index in [2.05, 4.69) is 5.16 Å². The summed E-state index contributed by atoms with van der Waals surface area (Å²) in [5, 5.41) is 12.9. The molecule has 0 aliphatic heterocycles. The van der Waals surface area contributed by atoms with E-state index < -0.39 is 0 Å². The van der Waals surface area contributed by atoms with E-state index in [1.165, 1.54) is 0 Å². The molecule has 3 heteroatoms. The minimum absolute atomic E-state index is 0.264. The first-order valence-corrected chi connectivity index (χ1v) is 4.61. The minimum Gasteiger partial charge on any atom is -0.411 e. The van der Waals surface area contributed by atoms with Crippen LogP contribution in [-0.2, 0) is 6.42 Å². The molecule has 0 saturated carbocycles. The maximum atomic E-state index is 8.82. The first kappa shape index (κ1) is 8.57.